The van der Waals surface area contributed by atoms with E-state index in [-0.39, 0.29) is 30.8 Å². The summed E-state index contributed by atoms with van der Waals surface area (Å²) in [6.45, 7) is 3.79. The first-order valence-corrected chi connectivity index (χ1v) is 6.98. The van der Waals surface area contributed by atoms with Gasteiger partial charge in [-0.3, -0.25) is 0 Å². The molecular weight excluding hydrogens is 252 g/mol. The Morgan fingerprint density at radius 2 is 1.94 bits per heavy atom. The van der Waals surface area contributed by atoms with Crippen LogP contribution in [0.15, 0.2) is 0 Å². The second-order valence-electron chi connectivity index (χ2n) is 3.75. The van der Waals surface area contributed by atoms with Gasteiger partial charge in [-0.2, -0.15) is 0 Å². The molecule has 0 aromatic heterocycles. The highest BCUT2D eigenvalue weighted by Crippen LogP contribution is 2.12. The van der Waals surface area contributed by atoms with E-state index in [1.807, 2.05) is 6.92 Å². The third-order valence-electron chi connectivity index (χ3n) is 2.58. The van der Waals surface area contributed by atoms with Crippen molar-refractivity contribution in [1.82, 2.24) is 4.31 Å². The van der Waals surface area contributed by atoms with Crippen molar-refractivity contribution in [3.63, 3.8) is 0 Å². The molecular formula is C9H21ClN2O3S. The first kappa shape index (κ1) is 16.1. The Hall–Kier alpha value is 0.120. The fourth-order valence-electron chi connectivity index (χ4n) is 1.59. The monoisotopic (exact) mass is 272 g/mol. The molecule has 1 heterocycles. The largest absolute Gasteiger partial charge is 0.381 e. The highest BCUT2D eigenvalue weighted by atomic mass is 35.5. The molecule has 0 aromatic rings. The van der Waals surface area contributed by atoms with E-state index >= 15 is 0 Å². The molecule has 0 saturated carbocycles. The van der Waals surface area contributed by atoms with Crippen LogP contribution in [0.25, 0.3) is 0 Å². The molecule has 0 spiro atoms. The summed E-state index contributed by atoms with van der Waals surface area (Å²) in [5.74, 6) is 0.0794. The van der Waals surface area contributed by atoms with Gasteiger partial charge in [-0.05, 0) is 19.8 Å². The number of nitrogens with two attached hydrogens (primary N) is 1. The molecule has 0 aliphatic carbocycles. The Morgan fingerprint density at radius 1 is 1.38 bits per heavy atom. The van der Waals surface area contributed by atoms with Gasteiger partial charge in [0.15, 0.2) is 0 Å². The van der Waals surface area contributed by atoms with Crippen LogP contribution < -0.4 is 5.73 Å². The topological polar surface area (TPSA) is 72.6 Å². The van der Waals surface area contributed by atoms with Crippen molar-refractivity contribution in [2.24, 2.45) is 5.73 Å². The summed E-state index contributed by atoms with van der Waals surface area (Å²) in [4.78, 5) is 0. The van der Waals surface area contributed by atoms with E-state index in [2.05, 4.69) is 0 Å². The van der Waals surface area contributed by atoms with Crippen LogP contribution in [0.4, 0.5) is 0 Å². The van der Waals surface area contributed by atoms with Gasteiger partial charge in [0.05, 0.1) is 12.4 Å². The molecule has 0 atom stereocenters. The van der Waals surface area contributed by atoms with Crippen LogP contribution in [0.3, 0.4) is 0 Å². The lowest BCUT2D eigenvalue weighted by Gasteiger charge is -2.29. The van der Waals surface area contributed by atoms with Gasteiger partial charge in [-0.1, -0.05) is 0 Å². The summed E-state index contributed by atoms with van der Waals surface area (Å²) < 4.78 is 30.1. The predicted octanol–water partition coefficient (Wildman–Crippen LogP) is 0.198. The van der Waals surface area contributed by atoms with Crippen molar-refractivity contribution in [2.45, 2.75) is 25.8 Å². The standard InChI is InChI=1S/C9H20N2O3S.ClH/c1-2-14-7-8-15(12,13)11-5-3-9(10)4-6-11;/h9H,2-8,10H2,1H3;1H. The van der Waals surface area contributed by atoms with E-state index in [0.29, 0.717) is 19.7 Å². The average Bonchev–Trinajstić information content (AvgIpc) is 2.18. The zero-order valence-electron chi connectivity index (χ0n) is 9.59. The molecule has 1 saturated heterocycles. The minimum atomic E-state index is -3.13. The van der Waals surface area contributed by atoms with Crippen LogP contribution in [0.2, 0.25) is 0 Å². The Balaban J connectivity index is 0.00000225. The summed E-state index contributed by atoms with van der Waals surface area (Å²) in [5.41, 5.74) is 5.72. The highest BCUT2D eigenvalue weighted by molar-refractivity contribution is 7.89. The molecule has 1 aliphatic rings. The second kappa shape index (κ2) is 7.45. The molecule has 1 fully saturated rings. The number of sulfonamides is 1. The third kappa shape index (κ3) is 4.97. The first-order valence-electron chi connectivity index (χ1n) is 5.37. The number of hydrogen-bond acceptors (Lipinski definition) is 4. The Bertz CT molecular complexity index is 276. The van der Waals surface area contributed by atoms with Gasteiger partial charge < -0.3 is 10.5 Å². The van der Waals surface area contributed by atoms with E-state index in [0.717, 1.165) is 12.8 Å². The van der Waals surface area contributed by atoms with Crippen LogP contribution in [0, 0.1) is 0 Å². The molecule has 0 bridgehead atoms. The summed E-state index contributed by atoms with van der Waals surface area (Å²) in [7, 11) is -3.13. The van der Waals surface area contributed by atoms with Gasteiger partial charge in [0, 0.05) is 25.7 Å². The minimum Gasteiger partial charge on any atom is -0.381 e. The molecule has 98 valence electrons. The normalized spacial score (nSPS) is 19.4. The Morgan fingerprint density at radius 3 is 2.44 bits per heavy atom. The van der Waals surface area contributed by atoms with Gasteiger partial charge in [0.25, 0.3) is 0 Å². The SMILES string of the molecule is CCOCCS(=O)(=O)N1CCC(N)CC1.Cl. The summed E-state index contributed by atoms with van der Waals surface area (Å²) in [6, 6.07) is 0.156. The van der Waals surface area contributed by atoms with Crippen molar-refractivity contribution in [2.75, 3.05) is 32.1 Å². The lowest BCUT2D eigenvalue weighted by atomic mass is 10.1. The molecule has 1 aliphatic heterocycles. The van der Waals surface area contributed by atoms with Crippen LogP contribution >= 0.6 is 12.4 Å². The number of rotatable bonds is 5. The van der Waals surface area contributed by atoms with Crippen LogP contribution in [0.1, 0.15) is 19.8 Å². The van der Waals surface area contributed by atoms with Gasteiger partial charge in [-0.25, -0.2) is 12.7 Å². The van der Waals surface area contributed by atoms with Crippen molar-refractivity contribution in [3.05, 3.63) is 0 Å². The quantitative estimate of drug-likeness (QED) is 0.726. The summed E-state index contributed by atoms with van der Waals surface area (Å²) in [5, 5.41) is 0. The number of hydrogen-bond donors (Lipinski definition) is 1. The van der Waals surface area contributed by atoms with Crippen molar-refractivity contribution in [1.29, 1.82) is 0 Å². The number of piperidine rings is 1. The summed E-state index contributed by atoms with van der Waals surface area (Å²) in [6.07, 6.45) is 1.52. The Labute approximate surface area is 104 Å². The summed E-state index contributed by atoms with van der Waals surface area (Å²) >= 11 is 0. The number of halogens is 1. The van der Waals surface area contributed by atoms with Gasteiger partial charge >= 0.3 is 0 Å². The highest BCUT2D eigenvalue weighted by Gasteiger charge is 2.25. The molecule has 16 heavy (non-hydrogen) atoms. The fourth-order valence-corrected chi connectivity index (χ4v) is 2.95. The van der Waals surface area contributed by atoms with Crippen LogP contribution in [-0.4, -0.2) is 50.8 Å². The molecule has 7 heteroatoms. The first-order chi connectivity index (χ1) is 7.06. The van der Waals surface area contributed by atoms with Crippen molar-refractivity contribution < 1.29 is 13.2 Å². The van der Waals surface area contributed by atoms with E-state index in [1.54, 1.807) is 0 Å². The third-order valence-corrected chi connectivity index (χ3v) is 4.42. The van der Waals surface area contributed by atoms with Gasteiger partial charge in [-0.15, -0.1) is 12.4 Å². The number of ether oxygens (including phenoxy) is 1. The van der Waals surface area contributed by atoms with Crippen molar-refractivity contribution in [3.8, 4) is 0 Å². The van der Waals surface area contributed by atoms with E-state index in [1.165, 1.54) is 4.31 Å². The van der Waals surface area contributed by atoms with E-state index in [4.69, 9.17) is 10.5 Å². The molecule has 0 aromatic carbocycles. The van der Waals surface area contributed by atoms with E-state index in [9.17, 15) is 8.42 Å². The maximum Gasteiger partial charge on any atom is 0.216 e. The predicted molar refractivity (Wildman–Crippen MR) is 66.3 cm³/mol. The zero-order chi connectivity index (χ0) is 11.3. The zero-order valence-corrected chi connectivity index (χ0v) is 11.2. The molecule has 1 rings (SSSR count). The van der Waals surface area contributed by atoms with Gasteiger partial charge in [0.1, 0.15) is 0 Å². The van der Waals surface area contributed by atoms with E-state index < -0.39 is 10.0 Å². The maximum atomic E-state index is 11.8. The van der Waals surface area contributed by atoms with Crippen LogP contribution in [-0.2, 0) is 14.8 Å². The lowest BCUT2D eigenvalue weighted by molar-refractivity contribution is 0.162. The molecule has 2 N–H and O–H groups in total. The molecule has 0 radical (unpaired) electrons. The fraction of sp³-hybridized carbons (Fsp3) is 1.00. The Kier molecular flexibility index (Phi) is 7.50. The average molecular weight is 273 g/mol. The van der Waals surface area contributed by atoms with Crippen molar-refractivity contribution >= 4 is 22.4 Å². The number of nitrogens with zero attached hydrogens (tertiary/aromatic N) is 1. The smallest absolute Gasteiger partial charge is 0.216 e. The lowest BCUT2D eigenvalue weighted by Crippen LogP contribution is -2.44. The minimum absolute atomic E-state index is 0. The van der Waals surface area contributed by atoms with Gasteiger partial charge in [0.2, 0.25) is 10.0 Å². The molecule has 0 amide bonds. The van der Waals surface area contributed by atoms with Crippen LogP contribution in [0.5, 0.6) is 0 Å². The maximum absolute atomic E-state index is 11.8. The second-order valence-corrected chi connectivity index (χ2v) is 5.84. The molecule has 0 unspecified atom stereocenters. The molecule has 5 nitrogen and oxygen atoms in total.